The molecular formula is C16H16Br2O2. The first-order chi connectivity index (χ1) is 9.79. The molecule has 0 spiro atoms. The van der Waals surface area contributed by atoms with Crippen molar-refractivity contribution in [2.45, 2.75) is 6.10 Å². The van der Waals surface area contributed by atoms with Crippen LogP contribution in [-0.2, 0) is 4.74 Å². The first-order valence-corrected chi connectivity index (χ1v) is 8.32. The zero-order valence-corrected chi connectivity index (χ0v) is 14.1. The van der Waals surface area contributed by atoms with Crippen LogP contribution in [-0.4, -0.2) is 18.5 Å². The second-order valence-electron chi connectivity index (χ2n) is 4.23. The fraction of sp³-hybridized carbons (Fsp3) is 0.250. The lowest BCUT2D eigenvalue weighted by molar-refractivity contribution is 0.0474. The minimum Gasteiger partial charge on any atom is -0.491 e. The minimum atomic E-state index is 0.0341. The second kappa shape index (κ2) is 8.45. The van der Waals surface area contributed by atoms with Crippen molar-refractivity contribution < 1.29 is 9.47 Å². The number of hydrogen-bond donors (Lipinski definition) is 0. The summed E-state index contributed by atoms with van der Waals surface area (Å²) in [6.07, 6.45) is 0.0341. The molecule has 4 heteroatoms. The van der Waals surface area contributed by atoms with Gasteiger partial charge in [-0.2, -0.15) is 0 Å². The van der Waals surface area contributed by atoms with Gasteiger partial charge in [-0.25, -0.2) is 0 Å². The van der Waals surface area contributed by atoms with Gasteiger partial charge in [0.05, 0.1) is 12.7 Å². The maximum absolute atomic E-state index is 5.86. The van der Waals surface area contributed by atoms with Crippen LogP contribution in [0.5, 0.6) is 5.75 Å². The molecular weight excluding hydrogens is 384 g/mol. The molecule has 0 N–H and O–H groups in total. The summed E-state index contributed by atoms with van der Waals surface area (Å²) in [6, 6.07) is 17.9. The summed E-state index contributed by atoms with van der Waals surface area (Å²) >= 11 is 6.97. The quantitative estimate of drug-likeness (QED) is 0.482. The molecule has 2 rings (SSSR count). The molecule has 1 unspecified atom stereocenters. The Morgan fingerprint density at radius 2 is 1.75 bits per heavy atom. The fourth-order valence-corrected chi connectivity index (χ4v) is 2.78. The first kappa shape index (κ1) is 15.5. The highest BCUT2D eigenvalue weighted by Gasteiger charge is 2.10. The van der Waals surface area contributed by atoms with Gasteiger partial charge in [0.2, 0.25) is 0 Å². The smallest absolute Gasteiger partial charge is 0.119 e. The average Bonchev–Trinajstić information content (AvgIpc) is 2.48. The van der Waals surface area contributed by atoms with E-state index in [9.17, 15) is 0 Å². The van der Waals surface area contributed by atoms with Gasteiger partial charge in [-0.1, -0.05) is 62.2 Å². The number of ether oxygens (including phenoxy) is 2. The molecule has 2 aromatic carbocycles. The lowest BCUT2D eigenvalue weighted by Crippen LogP contribution is -2.12. The van der Waals surface area contributed by atoms with Gasteiger partial charge in [0, 0.05) is 9.80 Å². The van der Waals surface area contributed by atoms with Crippen LogP contribution in [0.25, 0.3) is 0 Å². The normalized spacial score (nSPS) is 12.1. The Labute approximate surface area is 136 Å². The largest absolute Gasteiger partial charge is 0.491 e. The molecule has 0 fully saturated rings. The van der Waals surface area contributed by atoms with Crippen LogP contribution >= 0.6 is 31.9 Å². The average molecular weight is 400 g/mol. The van der Waals surface area contributed by atoms with Crippen LogP contribution in [0.2, 0.25) is 0 Å². The molecule has 0 saturated heterocycles. The van der Waals surface area contributed by atoms with Crippen molar-refractivity contribution in [2.24, 2.45) is 0 Å². The molecule has 1 atom stereocenters. The monoisotopic (exact) mass is 398 g/mol. The Kier molecular flexibility index (Phi) is 6.57. The van der Waals surface area contributed by atoms with Crippen LogP contribution in [0.1, 0.15) is 11.7 Å². The molecule has 106 valence electrons. The van der Waals surface area contributed by atoms with Gasteiger partial charge in [-0.15, -0.1) is 0 Å². The van der Waals surface area contributed by atoms with Crippen molar-refractivity contribution in [1.82, 2.24) is 0 Å². The van der Waals surface area contributed by atoms with E-state index in [0.29, 0.717) is 13.2 Å². The minimum absolute atomic E-state index is 0.0341. The summed E-state index contributed by atoms with van der Waals surface area (Å²) in [7, 11) is 0. The highest BCUT2D eigenvalue weighted by Crippen LogP contribution is 2.23. The molecule has 0 amide bonds. The summed E-state index contributed by atoms with van der Waals surface area (Å²) in [5.41, 5.74) is 1.15. The molecule has 0 aliphatic rings. The van der Waals surface area contributed by atoms with Crippen molar-refractivity contribution in [3.63, 3.8) is 0 Å². The van der Waals surface area contributed by atoms with Gasteiger partial charge in [0.1, 0.15) is 12.4 Å². The molecule has 0 saturated carbocycles. The summed E-state index contributed by atoms with van der Waals surface area (Å²) < 4.78 is 12.5. The molecule has 20 heavy (non-hydrogen) atoms. The van der Waals surface area contributed by atoms with Gasteiger partial charge >= 0.3 is 0 Å². The van der Waals surface area contributed by atoms with Crippen molar-refractivity contribution >= 4 is 31.9 Å². The fourth-order valence-electron chi connectivity index (χ4n) is 1.80. The van der Waals surface area contributed by atoms with Crippen LogP contribution < -0.4 is 4.74 Å². The van der Waals surface area contributed by atoms with Gasteiger partial charge < -0.3 is 9.47 Å². The summed E-state index contributed by atoms with van der Waals surface area (Å²) in [6.45, 7) is 1.10. The number of alkyl halides is 1. The third-order valence-electron chi connectivity index (χ3n) is 2.77. The molecule has 0 radical (unpaired) electrons. The lowest BCUT2D eigenvalue weighted by atomic mass is 10.1. The molecule has 0 aliphatic heterocycles. The van der Waals surface area contributed by atoms with E-state index in [1.54, 1.807) is 0 Å². The zero-order valence-electron chi connectivity index (χ0n) is 11.0. The number of para-hydroxylation sites is 1. The predicted molar refractivity (Wildman–Crippen MR) is 88.6 cm³/mol. The third-order valence-corrected chi connectivity index (χ3v) is 3.86. The topological polar surface area (TPSA) is 18.5 Å². The Hall–Kier alpha value is -0.840. The number of hydrogen-bond acceptors (Lipinski definition) is 2. The van der Waals surface area contributed by atoms with E-state index >= 15 is 0 Å². The van der Waals surface area contributed by atoms with E-state index < -0.39 is 0 Å². The molecule has 2 aromatic rings. The molecule has 0 aromatic heterocycles. The predicted octanol–water partition coefficient (Wildman–Crippen LogP) is 4.98. The maximum atomic E-state index is 5.86. The lowest BCUT2D eigenvalue weighted by Gasteiger charge is -2.16. The van der Waals surface area contributed by atoms with Gasteiger partial charge in [0.15, 0.2) is 0 Å². The molecule has 0 aliphatic carbocycles. The number of benzene rings is 2. The van der Waals surface area contributed by atoms with Crippen molar-refractivity contribution in [2.75, 3.05) is 18.5 Å². The summed E-state index contributed by atoms with van der Waals surface area (Å²) in [5.74, 6) is 0.869. The van der Waals surface area contributed by atoms with Gasteiger partial charge in [-0.05, 0) is 29.8 Å². The van der Waals surface area contributed by atoms with E-state index in [2.05, 4.69) is 44.0 Å². The standard InChI is InChI=1S/C16H16Br2O2/c17-12-16(13-5-4-6-14(18)11-13)20-10-9-19-15-7-2-1-3-8-15/h1-8,11,16H,9-10,12H2. The Morgan fingerprint density at radius 3 is 2.45 bits per heavy atom. The third kappa shape index (κ3) is 4.93. The highest BCUT2D eigenvalue weighted by molar-refractivity contribution is 9.10. The van der Waals surface area contributed by atoms with Gasteiger partial charge in [0.25, 0.3) is 0 Å². The highest BCUT2D eigenvalue weighted by atomic mass is 79.9. The molecule has 0 bridgehead atoms. The van der Waals surface area contributed by atoms with Crippen LogP contribution in [0.15, 0.2) is 59.1 Å². The first-order valence-electron chi connectivity index (χ1n) is 6.40. The van der Waals surface area contributed by atoms with E-state index in [4.69, 9.17) is 9.47 Å². The summed E-state index contributed by atoms with van der Waals surface area (Å²) in [5, 5.41) is 0.759. The zero-order chi connectivity index (χ0) is 14.2. The molecule has 2 nitrogen and oxygen atoms in total. The van der Waals surface area contributed by atoms with Gasteiger partial charge in [-0.3, -0.25) is 0 Å². The van der Waals surface area contributed by atoms with Crippen LogP contribution in [0.4, 0.5) is 0 Å². The SMILES string of the molecule is BrCC(OCCOc1ccccc1)c1cccc(Br)c1. The Bertz CT molecular complexity index is 517. The van der Waals surface area contributed by atoms with E-state index in [1.807, 2.05) is 42.5 Å². The van der Waals surface area contributed by atoms with E-state index in [-0.39, 0.29) is 6.10 Å². The number of rotatable bonds is 7. The van der Waals surface area contributed by atoms with Crippen LogP contribution in [0.3, 0.4) is 0 Å². The van der Waals surface area contributed by atoms with Crippen molar-refractivity contribution in [3.05, 3.63) is 64.6 Å². The maximum Gasteiger partial charge on any atom is 0.119 e. The van der Waals surface area contributed by atoms with E-state index in [1.165, 1.54) is 0 Å². The number of halogens is 2. The Morgan fingerprint density at radius 1 is 0.950 bits per heavy atom. The van der Waals surface area contributed by atoms with E-state index in [0.717, 1.165) is 21.1 Å². The van der Waals surface area contributed by atoms with Crippen molar-refractivity contribution in [3.8, 4) is 5.75 Å². The Balaban J connectivity index is 1.80. The summed E-state index contributed by atoms with van der Waals surface area (Å²) in [4.78, 5) is 0. The van der Waals surface area contributed by atoms with Crippen molar-refractivity contribution in [1.29, 1.82) is 0 Å². The van der Waals surface area contributed by atoms with Crippen LogP contribution in [0, 0.1) is 0 Å². The second-order valence-corrected chi connectivity index (χ2v) is 5.79. The molecule has 0 heterocycles.